The lowest BCUT2D eigenvalue weighted by atomic mass is 9.98. The molecule has 190 valence electrons. The number of nitrogens with two attached hydrogens (primary N) is 1. The van der Waals surface area contributed by atoms with E-state index in [2.05, 4.69) is 12.1 Å². The number of nitrogen functional groups attached to an aromatic ring is 1. The van der Waals surface area contributed by atoms with Gasteiger partial charge in [0.25, 0.3) is 5.91 Å². The average molecular weight is 522 g/mol. The highest BCUT2D eigenvalue weighted by molar-refractivity contribution is 7.21. The molecule has 0 aliphatic carbocycles. The minimum Gasteiger partial charge on any atom is -0.493 e. The number of thiophene rings is 1. The molecule has 0 fully saturated rings. The van der Waals surface area contributed by atoms with Crippen LogP contribution in [0.3, 0.4) is 0 Å². The molecule has 0 bridgehead atoms. The Morgan fingerprint density at radius 2 is 1.68 bits per heavy atom. The molecule has 3 aromatic carbocycles. The van der Waals surface area contributed by atoms with Crippen LogP contribution in [0.25, 0.3) is 32.6 Å². The van der Waals surface area contributed by atoms with Gasteiger partial charge in [0, 0.05) is 35.2 Å². The SMILES string of the molecule is COc1cccc(-c2cc(-c3ccccc3)nc3sc(C(=O)N4CCc5ccccc5C4)c(N)c23)c1OC. The first-order chi connectivity index (χ1) is 18.6. The van der Waals surface area contributed by atoms with Crippen molar-refractivity contribution in [3.05, 3.63) is 94.9 Å². The number of hydrogen-bond donors (Lipinski definition) is 1. The molecule has 3 heterocycles. The zero-order valence-electron chi connectivity index (χ0n) is 21.2. The van der Waals surface area contributed by atoms with Crippen molar-refractivity contribution in [2.24, 2.45) is 0 Å². The molecule has 1 aliphatic rings. The van der Waals surface area contributed by atoms with Crippen LogP contribution in [-0.4, -0.2) is 36.6 Å². The summed E-state index contributed by atoms with van der Waals surface area (Å²) in [6, 6.07) is 26.1. The van der Waals surface area contributed by atoms with E-state index in [4.69, 9.17) is 20.2 Å². The van der Waals surface area contributed by atoms with Crippen LogP contribution < -0.4 is 15.2 Å². The number of aromatic nitrogens is 1. The minimum atomic E-state index is -0.0650. The third-order valence-electron chi connectivity index (χ3n) is 7.07. The van der Waals surface area contributed by atoms with Crippen LogP contribution in [0.1, 0.15) is 20.8 Å². The number of nitrogens with zero attached hydrogens (tertiary/aromatic N) is 2. The molecule has 6 nitrogen and oxygen atoms in total. The summed E-state index contributed by atoms with van der Waals surface area (Å²) in [5, 5.41) is 0.752. The first kappa shape index (κ1) is 24.0. The number of anilines is 1. The summed E-state index contributed by atoms with van der Waals surface area (Å²) in [5.41, 5.74) is 13.1. The van der Waals surface area contributed by atoms with Crippen LogP contribution in [0, 0.1) is 0 Å². The highest BCUT2D eigenvalue weighted by Gasteiger charge is 2.28. The third kappa shape index (κ3) is 4.05. The van der Waals surface area contributed by atoms with E-state index in [1.807, 2.05) is 71.6 Å². The maximum Gasteiger partial charge on any atom is 0.266 e. The molecule has 0 saturated carbocycles. The van der Waals surface area contributed by atoms with E-state index >= 15 is 0 Å². The van der Waals surface area contributed by atoms with Crippen molar-refractivity contribution >= 4 is 33.1 Å². The Kier molecular flexibility index (Phi) is 6.21. The van der Waals surface area contributed by atoms with Crippen LogP contribution in [0.15, 0.2) is 78.9 Å². The summed E-state index contributed by atoms with van der Waals surface area (Å²) in [6.07, 6.45) is 0.829. The van der Waals surface area contributed by atoms with Gasteiger partial charge in [-0.2, -0.15) is 0 Å². The summed E-state index contributed by atoms with van der Waals surface area (Å²) in [5.74, 6) is 1.16. The van der Waals surface area contributed by atoms with Gasteiger partial charge in [0.15, 0.2) is 11.5 Å². The fourth-order valence-electron chi connectivity index (χ4n) is 5.16. The largest absolute Gasteiger partial charge is 0.493 e. The molecular weight excluding hydrogens is 494 g/mol. The molecule has 1 amide bonds. The Labute approximate surface area is 225 Å². The number of fused-ring (bicyclic) bond motifs is 2. The molecule has 0 unspecified atom stereocenters. The Morgan fingerprint density at radius 1 is 0.921 bits per heavy atom. The van der Waals surface area contributed by atoms with Gasteiger partial charge in [0.1, 0.15) is 9.71 Å². The van der Waals surface area contributed by atoms with Gasteiger partial charge in [0.05, 0.1) is 25.6 Å². The van der Waals surface area contributed by atoms with E-state index in [0.29, 0.717) is 40.0 Å². The summed E-state index contributed by atoms with van der Waals surface area (Å²) in [6.45, 7) is 1.23. The van der Waals surface area contributed by atoms with Gasteiger partial charge in [-0.15, -0.1) is 11.3 Å². The Bertz CT molecular complexity index is 1660. The molecule has 38 heavy (non-hydrogen) atoms. The Morgan fingerprint density at radius 3 is 2.45 bits per heavy atom. The van der Waals surface area contributed by atoms with Gasteiger partial charge in [-0.05, 0) is 29.7 Å². The number of carbonyl (C=O) groups excluding carboxylic acids is 1. The number of amides is 1. The van der Waals surface area contributed by atoms with Crippen LogP contribution in [0.2, 0.25) is 0 Å². The molecule has 6 rings (SSSR count). The van der Waals surface area contributed by atoms with E-state index in [0.717, 1.165) is 34.2 Å². The number of benzene rings is 3. The molecule has 1 aliphatic heterocycles. The van der Waals surface area contributed by atoms with Crippen molar-refractivity contribution in [3.8, 4) is 33.9 Å². The molecule has 2 aromatic heterocycles. The predicted molar refractivity (Wildman–Crippen MR) is 153 cm³/mol. The maximum atomic E-state index is 13.8. The second-order valence-corrected chi connectivity index (χ2v) is 10.2. The standard InChI is InChI=1S/C31H27N3O3S/c1-36-25-14-8-13-22(28(25)37-2)23-17-24(20-10-4-3-5-11-20)33-30-26(23)27(32)29(38-30)31(35)34-16-15-19-9-6-7-12-21(19)18-34/h3-14,17H,15-16,18,32H2,1-2H3. The fourth-order valence-corrected chi connectivity index (χ4v) is 6.25. The number of hydrogen-bond acceptors (Lipinski definition) is 6. The third-order valence-corrected chi connectivity index (χ3v) is 8.16. The van der Waals surface area contributed by atoms with Gasteiger partial charge in [-0.25, -0.2) is 4.98 Å². The lowest BCUT2D eigenvalue weighted by Crippen LogP contribution is -2.35. The molecule has 0 atom stereocenters. The van der Waals surface area contributed by atoms with Crippen LogP contribution in [-0.2, 0) is 13.0 Å². The molecule has 2 N–H and O–H groups in total. The van der Waals surface area contributed by atoms with Crippen molar-refractivity contribution in [1.29, 1.82) is 0 Å². The molecule has 0 radical (unpaired) electrons. The number of carbonyl (C=O) groups is 1. The molecule has 0 spiro atoms. The lowest BCUT2D eigenvalue weighted by Gasteiger charge is -2.28. The van der Waals surface area contributed by atoms with Gasteiger partial charge in [0.2, 0.25) is 0 Å². The van der Waals surface area contributed by atoms with E-state index in [1.54, 1.807) is 14.2 Å². The zero-order valence-corrected chi connectivity index (χ0v) is 22.0. The first-order valence-electron chi connectivity index (χ1n) is 12.4. The quantitative estimate of drug-likeness (QED) is 0.288. The number of pyridine rings is 1. The highest BCUT2D eigenvalue weighted by atomic mass is 32.1. The van der Waals surface area contributed by atoms with Gasteiger partial charge in [-0.1, -0.05) is 66.7 Å². The molecular formula is C31H27N3O3S. The number of methoxy groups -OCH3 is 2. The molecule has 7 heteroatoms. The average Bonchev–Trinajstić information content (AvgIpc) is 3.32. The van der Waals surface area contributed by atoms with E-state index < -0.39 is 0 Å². The number of ether oxygens (including phenoxy) is 2. The smallest absolute Gasteiger partial charge is 0.266 e. The summed E-state index contributed by atoms with van der Waals surface area (Å²) >= 11 is 1.35. The van der Waals surface area contributed by atoms with E-state index in [-0.39, 0.29) is 5.91 Å². The molecule has 5 aromatic rings. The lowest BCUT2D eigenvalue weighted by molar-refractivity contribution is 0.0740. The number of rotatable bonds is 5. The molecule has 0 saturated heterocycles. The van der Waals surface area contributed by atoms with E-state index in [9.17, 15) is 4.79 Å². The van der Waals surface area contributed by atoms with Gasteiger partial charge >= 0.3 is 0 Å². The fraction of sp³-hybridized carbons (Fsp3) is 0.161. The highest BCUT2D eigenvalue weighted by Crippen LogP contribution is 2.46. The van der Waals surface area contributed by atoms with Gasteiger partial charge in [-0.3, -0.25) is 4.79 Å². The van der Waals surface area contributed by atoms with Gasteiger partial charge < -0.3 is 20.1 Å². The zero-order chi connectivity index (χ0) is 26.2. The Hall–Kier alpha value is -4.36. The van der Waals surface area contributed by atoms with Crippen molar-refractivity contribution < 1.29 is 14.3 Å². The normalized spacial score (nSPS) is 12.8. The van der Waals surface area contributed by atoms with Crippen LogP contribution in [0.4, 0.5) is 5.69 Å². The summed E-state index contributed by atoms with van der Waals surface area (Å²) < 4.78 is 11.4. The maximum absolute atomic E-state index is 13.8. The monoisotopic (exact) mass is 521 g/mol. The van der Waals surface area contributed by atoms with Crippen molar-refractivity contribution in [2.75, 3.05) is 26.5 Å². The van der Waals surface area contributed by atoms with Crippen molar-refractivity contribution in [2.45, 2.75) is 13.0 Å². The summed E-state index contributed by atoms with van der Waals surface area (Å²) in [7, 11) is 3.24. The second kappa shape index (κ2) is 9.84. The first-order valence-corrected chi connectivity index (χ1v) is 13.3. The van der Waals surface area contributed by atoms with E-state index in [1.165, 1.54) is 22.5 Å². The van der Waals surface area contributed by atoms with Crippen molar-refractivity contribution in [3.63, 3.8) is 0 Å². The second-order valence-electron chi connectivity index (χ2n) is 9.23. The Balaban J connectivity index is 1.53. The predicted octanol–water partition coefficient (Wildman–Crippen LogP) is 6.43. The van der Waals surface area contributed by atoms with Crippen LogP contribution in [0.5, 0.6) is 11.5 Å². The number of para-hydroxylation sites is 1. The topological polar surface area (TPSA) is 77.7 Å². The van der Waals surface area contributed by atoms with Crippen molar-refractivity contribution in [1.82, 2.24) is 9.88 Å². The van der Waals surface area contributed by atoms with Crippen LogP contribution >= 0.6 is 11.3 Å². The summed E-state index contributed by atoms with van der Waals surface area (Å²) in [4.78, 5) is 21.9. The minimum absolute atomic E-state index is 0.0650.